The van der Waals surface area contributed by atoms with E-state index in [4.69, 9.17) is 5.73 Å². The SMILES string of the molecule is NC1CCC(N(Cc2cccc(NC(=O)c3cccnc3)c2)C(=O)c2cccc(F)c2)CC1. The molecular weight excluding hydrogens is 419 g/mol. The third kappa shape index (κ3) is 5.81. The van der Waals surface area contributed by atoms with E-state index in [9.17, 15) is 14.0 Å². The Morgan fingerprint density at radius 2 is 1.76 bits per heavy atom. The van der Waals surface area contributed by atoms with Crippen LogP contribution >= 0.6 is 0 Å². The maximum absolute atomic E-state index is 13.8. The minimum Gasteiger partial charge on any atom is -0.331 e. The zero-order valence-electron chi connectivity index (χ0n) is 18.3. The van der Waals surface area contributed by atoms with Crippen molar-refractivity contribution in [3.63, 3.8) is 0 Å². The summed E-state index contributed by atoms with van der Waals surface area (Å²) in [6.45, 7) is 0.353. The molecule has 1 heterocycles. The zero-order valence-corrected chi connectivity index (χ0v) is 18.3. The van der Waals surface area contributed by atoms with E-state index in [0.717, 1.165) is 31.2 Å². The summed E-state index contributed by atoms with van der Waals surface area (Å²) in [5, 5.41) is 2.88. The summed E-state index contributed by atoms with van der Waals surface area (Å²) in [6, 6.07) is 16.8. The van der Waals surface area contributed by atoms with Crippen LogP contribution in [-0.2, 0) is 6.54 Å². The second-order valence-corrected chi connectivity index (χ2v) is 8.41. The summed E-state index contributed by atoms with van der Waals surface area (Å²) in [7, 11) is 0. The van der Waals surface area contributed by atoms with Crippen LogP contribution in [0.15, 0.2) is 73.1 Å². The predicted molar refractivity (Wildman–Crippen MR) is 125 cm³/mol. The Morgan fingerprint density at radius 1 is 1.00 bits per heavy atom. The molecule has 2 aromatic carbocycles. The van der Waals surface area contributed by atoms with Gasteiger partial charge in [0.25, 0.3) is 11.8 Å². The third-order valence-corrected chi connectivity index (χ3v) is 5.98. The van der Waals surface area contributed by atoms with E-state index in [0.29, 0.717) is 23.4 Å². The highest BCUT2D eigenvalue weighted by Crippen LogP contribution is 2.26. The Balaban J connectivity index is 1.55. The molecule has 0 atom stereocenters. The lowest BCUT2D eigenvalue weighted by Crippen LogP contribution is -2.43. The number of rotatable bonds is 6. The summed E-state index contributed by atoms with van der Waals surface area (Å²) in [6.07, 6.45) is 6.42. The molecule has 0 unspecified atom stereocenters. The molecule has 1 aliphatic rings. The van der Waals surface area contributed by atoms with Crippen molar-refractivity contribution >= 4 is 17.5 Å². The minimum absolute atomic E-state index is 0.0224. The first-order valence-corrected chi connectivity index (χ1v) is 11.1. The average molecular weight is 447 g/mol. The molecule has 4 rings (SSSR count). The van der Waals surface area contributed by atoms with Gasteiger partial charge in [0.2, 0.25) is 0 Å². The largest absolute Gasteiger partial charge is 0.331 e. The maximum Gasteiger partial charge on any atom is 0.257 e. The molecule has 0 bridgehead atoms. The molecule has 33 heavy (non-hydrogen) atoms. The molecule has 0 spiro atoms. The van der Waals surface area contributed by atoms with Crippen LogP contribution in [0, 0.1) is 5.82 Å². The van der Waals surface area contributed by atoms with Gasteiger partial charge in [-0.25, -0.2) is 4.39 Å². The molecular formula is C26H27FN4O2. The summed E-state index contributed by atoms with van der Waals surface area (Å²) in [4.78, 5) is 31.7. The molecule has 3 N–H and O–H groups in total. The highest BCUT2D eigenvalue weighted by atomic mass is 19.1. The molecule has 0 saturated heterocycles. The molecule has 1 fully saturated rings. The van der Waals surface area contributed by atoms with Crippen LogP contribution in [0.2, 0.25) is 0 Å². The van der Waals surface area contributed by atoms with Gasteiger partial charge < -0.3 is 16.0 Å². The fourth-order valence-electron chi connectivity index (χ4n) is 4.21. The summed E-state index contributed by atoms with van der Waals surface area (Å²) in [5.74, 6) is -0.902. The number of amides is 2. The van der Waals surface area contributed by atoms with Crippen molar-refractivity contribution in [2.45, 2.75) is 44.3 Å². The van der Waals surface area contributed by atoms with E-state index in [1.54, 1.807) is 36.5 Å². The Kier molecular flexibility index (Phi) is 7.10. The van der Waals surface area contributed by atoms with E-state index in [-0.39, 0.29) is 23.9 Å². The number of nitrogens with zero attached hydrogens (tertiary/aromatic N) is 2. The van der Waals surface area contributed by atoms with Crippen molar-refractivity contribution in [3.05, 3.63) is 95.6 Å². The van der Waals surface area contributed by atoms with Crippen molar-refractivity contribution in [3.8, 4) is 0 Å². The van der Waals surface area contributed by atoms with E-state index in [1.165, 1.54) is 18.3 Å². The number of carbonyl (C=O) groups is 2. The van der Waals surface area contributed by atoms with Crippen molar-refractivity contribution < 1.29 is 14.0 Å². The van der Waals surface area contributed by atoms with Crippen LogP contribution in [0.3, 0.4) is 0 Å². The highest BCUT2D eigenvalue weighted by molar-refractivity contribution is 6.04. The van der Waals surface area contributed by atoms with Gasteiger partial charge in [-0.2, -0.15) is 0 Å². The van der Waals surface area contributed by atoms with Crippen LogP contribution < -0.4 is 11.1 Å². The number of halogens is 1. The van der Waals surface area contributed by atoms with Crippen molar-refractivity contribution in [2.24, 2.45) is 5.73 Å². The fourth-order valence-corrected chi connectivity index (χ4v) is 4.21. The quantitative estimate of drug-likeness (QED) is 0.588. The van der Waals surface area contributed by atoms with E-state index in [1.807, 2.05) is 23.1 Å². The number of pyridine rings is 1. The molecule has 6 nitrogen and oxygen atoms in total. The summed E-state index contributed by atoms with van der Waals surface area (Å²) in [5.41, 5.74) is 8.36. The Hall–Kier alpha value is -3.58. The van der Waals surface area contributed by atoms with Gasteiger partial charge in [-0.05, 0) is 73.7 Å². The van der Waals surface area contributed by atoms with Crippen molar-refractivity contribution in [1.29, 1.82) is 0 Å². The normalized spacial score (nSPS) is 17.9. The molecule has 170 valence electrons. The van der Waals surface area contributed by atoms with Gasteiger partial charge in [-0.1, -0.05) is 18.2 Å². The molecule has 3 aromatic rings. The number of hydrogen-bond acceptors (Lipinski definition) is 4. The number of hydrogen-bond donors (Lipinski definition) is 2. The van der Waals surface area contributed by atoms with E-state index >= 15 is 0 Å². The summed E-state index contributed by atoms with van der Waals surface area (Å²) >= 11 is 0. The number of anilines is 1. The van der Waals surface area contributed by atoms with Gasteiger partial charge in [0.15, 0.2) is 0 Å². The minimum atomic E-state index is -0.438. The van der Waals surface area contributed by atoms with Crippen LogP contribution in [0.1, 0.15) is 52.0 Å². The number of carbonyl (C=O) groups excluding carboxylic acids is 2. The van der Waals surface area contributed by atoms with Gasteiger partial charge in [-0.15, -0.1) is 0 Å². The fraction of sp³-hybridized carbons (Fsp3) is 0.269. The molecule has 0 aliphatic heterocycles. The van der Waals surface area contributed by atoms with Crippen LogP contribution in [0.25, 0.3) is 0 Å². The molecule has 1 aliphatic carbocycles. The van der Waals surface area contributed by atoms with Crippen molar-refractivity contribution in [1.82, 2.24) is 9.88 Å². The second-order valence-electron chi connectivity index (χ2n) is 8.41. The lowest BCUT2D eigenvalue weighted by atomic mass is 9.90. The molecule has 1 aromatic heterocycles. The average Bonchev–Trinajstić information content (AvgIpc) is 2.83. The predicted octanol–water partition coefficient (Wildman–Crippen LogP) is 4.39. The number of nitrogens with one attached hydrogen (secondary N) is 1. The van der Waals surface area contributed by atoms with E-state index in [2.05, 4.69) is 10.3 Å². The Bertz CT molecular complexity index is 1110. The van der Waals surface area contributed by atoms with Gasteiger partial charge >= 0.3 is 0 Å². The van der Waals surface area contributed by atoms with Crippen LogP contribution in [0.5, 0.6) is 0 Å². The maximum atomic E-state index is 13.8. The lowest BCUT2D eigenvalue weighted by molar-refractivity contribution is 0.0605. The van der Waals surface area contributed by atoms with Gasteiger partial charge in [-0.3, -0.25) is 14.6 Å². The molecule has 2 amide bonds. The van der Waals surface area contributed by atoms with Crippen LogP contribution in [-0.4, -0.2) is 33.8 Å². The smallest absolute Gasteiger partial charge is 0.257 e. The Labute approximate surface area is 192 Å². The van der Waals surface area contributed by atoms with Gasteiger partial charge in [0.1, 0.15) is 5.82 Å². The standard InChI is InChI=1S/C26H27FN4O2/c27-21-7-2-5-19(15-21)26(33)31(24-11-9-22(28)10-12-24)17-18-4-1-8-23(14-18)30-25(32)20-6-3-13-29-16-20/h1-8,13-16,22,24H,9-12,17,28H2,(H,30,32). The van der Waals surface area contributed by atoms with Crippen LogP contribution in [0.4, 0.5) is 10.1 Å². The third-order valence-electron chi connectivity index (χ3n) is 5.98. The molecule has 7 heteroatoms. The summed E-state index contributed by atoms with van der Waals surface area (Å²) < 4.78 is 13.8. The first-order valence-electron chi connectivity index (χ1n) is 11.1. The lowest BCUT2D eigenvalue weighted by Gasteiger charge is -2.36. The monoisotopic (exact) mass is 446 g/mol. The zero-order chi connectivity index (χ0) is 23.2. The number of benzene rings is 2. The Morgan fingerprint density at radius 3 is 2.48 bits per heavy atom. The highest BCUT2D eigenvalue weighted by Gasteiger charge is 2.28. The van der Waals surface area contributed by atoms with Crippen molar-refractivity contribution in [2.75, 3.05) is 5.32 Å². The topological polar surface area (TPSA) is 88.3 Å². The second kappa shape index (κ2) is 10.4. The van der Waals surface area contributed by atoms with Gasteiger partial charge in [0, 0.05) is 42.3 Å². The number of nitrogens with two attached hydrogens (primary N) is 1. The first kappa shape index (κ1) is 22.6. The first-order chi connectivity index (χ1) is 16.0. The molecule has 0 radical (unpaired) electrons. The van der Waals surface area contributed by atoms with E-state index < -0.39 is 5.82 Å². The molecule has 1 saturated carbocycles. The van der Waals surface area contributed by atoms with Gasteiger partial charge in [0.05, 0.1) is 5.56 Å². The number of aromatic nitrogens is 1.